The van der Waals surface area contributed by atoms with Crippen molar-refractivity contribution in [2.45, 2.75) is 58.5 Å². The Hall–Kier alpha value is -2.50. The van der Waals surface area contributed by atoms with Gasteiger partial charge in [0.1, 0.15) is 5.60 Å². The van der Waals surface area contributed by atoms with Crippen LogP contribution in [-0.4, -0.2) is 58.6 Å². The Morgan fingerprint density at radius 2 is 1.69 bits per heavy atom. The molecule has 1 saturated heterocycles. The standard InChI is InChI=1S/C23H31N3O3/c1-23(2,3)29-22(28)26-13-7-12-25(14-15-26)21(27)18-10-6-9-17-16-8-4-5-11-19(16)24-20(17)18/h6,9-10,24H,4-5,7-8,11-15H2,1-3H3. The van der Waals surface area contributed by atoms with E-state index in [1.807, 2.05) is 37.8 Å². The van der Waals surface area contributed by atoms with E-state index in [0.717, 1.165) is 30.3 Å². The molecule has 0 bridgehead atoms. The summed E-state index contributed by atoms with van der Waals surface area (Å²) in [5.41, 5.74) is 3.87. The van der Waals surface area contributed by atoms with Crippen LogP contribution >= 0.6 is 0 Å². The highest BCUT2D eigenvalue weighted by atomic mass is 16.6. The second-order valence-corrected chi connectivity index (χ2v) is 9.13. The zero-order chi connectivity index (χ0) is 20.6. The number of ether oxygens (including phenoxy) is 1. The molecular weight excluding hydrogens is 366 g/mol. The van der Waals surface area contributed by atoms with E-state index in [9.17, 15) is 9.59 Å². The number of benzene rings is 1. The summed E-state index contributed by atoms with van der Waals surface area (Å²) in [6.07, 6.45) is 5.02. The number of rotatable bonds is 1. The number of aromatic nitrogens is 1. The molecule has 2 amide bonds. The quantitative estimate of drug-likeness (QED) is 0.787. The fourth-order valence-electron chi connectivity index (χ4n) is 4.41. The minimum absolute atomic E-state index is 0.0419. The Balaban J connectivity index is 1.52. The van der Waals surface area contributed by atoms with Gasteiger partial charge in [0.25, 0.3) is 5.91 Å². The van der Waals surface area contributed by atoms with E-state index in [2.05, 4.69) is 11.1 Å². The van der Waals surface area contributed by atoms with Crippen LogP contribution in [-0.2, 0) is 17.6 Å². The van der Waals surface area contributed by atoms with Gasteiger partial charge in [-0.3, -0.25) is 4.79 Å². The van der Waals surface area contributed by atoms with Gasteiger partial charge in [0.15, 0.2) is 0 Å². The lowest BCUT2D eigenvalue weighted by Crippen LogP contribution is -2.40. The maximum atomic E-state index is 13.4. The summed E-state index contributed by atoms with van der Waals surface area (Å²) in [5, 5.41) is 1.19. The van der Waals surface area contributed by atoms with Crippen molar-refractivity contribution in [3.63, 3.8) is 0 Å². The molecule has 29 heavy (non-hydrogen) atoms. The molecule has 4 rings (SSSR count). The van der Waals surface area contributed by atoms with E-state index in [0.29, 0.717) is 26.2 Å². The van der Waals surface area contributed by atoms with Gasteiger partial charge in [0.05, 0.1) is 11.1 Å². The molecule has 6 heteroatoms. The number of carbonyl (C=O) groups excluding carboxylic acids is 2. The normalized spacial score (nSPS) is 17.8. The first kappa shape index (κ1) is 19.8. The van der Waals surface area contributed by atoms with Crippen molar-refractivity contribution in [1.29, 1.82) is 0 Å². The van der Waals surface area contributed by atoms with Crippen LogP contribution in [0.2, 0.25) is 0 Å². The van der Waals surface area contributed by atoms with Crippen molar-refractivity contribution >= 4 is 22.9 Å². The van der Waals surface area contributed by atoms with Crippen molar-refractivity contribution in [2.24, 2.45) is 0 Å². The number of nitrogens with zero attached hydrogens (tertiary/aromatic N) is 2. The summed E-state index contributed by atoms with van der Waals surface area (Å²) in [5.74, 6) is 0.0419. The number of aryl methyl sites for hydroxylation is 2. The summed E-state index contributed by atoms with van der Waals surface area (Å²) in [6.45, 7) is 7.89. The molecule has 0 unspecified atom stereocenters. The highest BCUT2D eigenvalue weighted by Gasteiger charge is 2.27. The number of nitrogens with one attached hydrogen (secondary N) is 1. The molecule has 0 saturated carbocycles. The number of fused-ring (bicyclic) bond motifs is 3. The highest BCUT2D eigenvalue weighted by Crippen LogP contribution is 2.31. The molecule has 0 spiro atoms. The van der Waals surface area contributed by atoms with Crippen LogP contribution in [0.15, 0.2) is 18.2 Å². The molecule has 1 fully saturated rings. The summed E-state index contributed by atoms with van der Waals surface area (Å²) >= 11 is 0. The Morgan fingerprint density at radius 1 is 0.966 bits per heavy atom. The van der Waals surface area contributed by atoms with Gasteiger partial charge >= 0.3 is 6.09 Å². The Kier molecular flexibility index (Phi) is 5.28. The number of hydrogen-bond donors (Lipinski definition) is 1. The summed E-state index contributed by atoms with van der Waals surface area (Å²) in [4.78, 5) is 32.9. The maximum Gasteiger partial charge on any atom is 0.410 e. The van der Waals surface area contributed by atoms with Crippen LogP contribution < -0.4 is 0 Å². The number of para-hydroxylation sites is 1. The lowest BCUT2D eigenvalue weighted by atomic mass is 9.95. The van der Waals surface area contributed by atoms with Gasteiger partial charge in [0, 0.05) is 37.3 Å². The van der Waals surface area contributed by atoms with Crippen molar-refractivity contribution < 1.29 is 14.3 Å². The number of hydrogen-bond acceptors (Lipinski definition) is 3. The minimum atomic E-state index is -0.513. The van der Waals surface area contributed by atoms with Crippen LogP contribution in [0.4, 0.5) is 4.79 Å². The first-order chi connectivity index (χ1) is 13.8. The maximum absolute atomic E-state index is 13.4. The van der Waals surface area contributed by atoms with Gasteiger partial charge in [-0.25, -0.2) is 4.79 Å². The second-order valence-electron chi connectivity index (χ2n) is 9.13. The third-order valence-corrected chi connectivity index (χ3v) is 5.80. The molecule has 1 aliphatic heterocycles. The molecule has 1 aromatic carbocycles. The van der Waals surface area contributed by atoms with E-state index in [1.54, 1.807) is 4.90 Å². The molecule has 156 valence electrons. The van der Waals surface area contributed by atoms with Gasteiger partial charge in [0.2, 0.25) is 0 Å². The number of aromatic amines is 1. The van der Waals surface area contributed by atoms with Gasteiger partial charge in [-0.05, 0) is 64.5 Å². The SMILES string of the molecule is CC(C)(C)OC(=O)N1CCCN(C(=O)c2cccc3c4c([nH]c23)CCCC4)CC1. The molecule has 0 atom stereocenters. The average Bonchev–Trinajstić information content (AvgIpc) is 2.87. The van der Waals surface area contributed by atoms with E-state index in [-0.39, 0.29) is 12.0 Å². The lowest BCUT2D eigenvalue weighted by Gasteiger charge is -2.26. The largest absolute Gasteiger partial charge is 0.444 e. The Morgan fingerprint density at radius 3 is 2.48 bits per heavy atom. The highest BCUT2D eigenvalue weighted by molar-refractivity contribution is 6.06. The molecule has 1 aliphatic carbocycles. The van der Waals surface area contributed by atoms with Crippen molar-refractivity contribution in [3.05, 3.63) is 35.0 Å². The van der Waals surface area contributed by atoms with E-state index in [1.165, 1.54) is 29.5 Å². The van der Waals surface area contributed by atoms with E-state index >= 15 is 0 Å². The summed E-state index contributed by atoms with van der Waals surface area (Å²) in [6, 6.07) is 6.03. The summed E-state index contributed by atoms with van der Waals surface area (Å²) < 4.78 is 5.50. The molecular formula is C23H31N3O3. The Labute approximate surface area is 172 Å². The minimum Gasteiger partial charge on any atom is -0.444 e. The van der Waals surface area contributed by atoms with Crippen LogP contribution in [0.25, 0.3) is 10.9 Å². The predicted molar refractivity (Wildman–Crippen MR) is 113 cm³/mol. The third-order valence-electron chi connectivity index (χ3n) is 5.80. The first-order valence-electron chi connectivity index (χ1n) is 10.7. The number of carbonyl (C=O) groups is 2. The van der Waals surface area contributed by atoms with Gasteiger partial charge in [-0.1, -0.05) is 12.1 Å². The smallest absolute Gasteiger partial charge is 0.410 e. The first-order valence-corrected chi connectivity index (χ1v) is 10.7. The topological polar surface area (TPSA) is 65.6 Å². The molecule has 6 nitrogen and oxygen atoms in total. The van der Waals surface area contributed by atoms with Gasteiger partial charge in [-0.15, -0.1) is 0 Å². The number of amides is 2. The van der Waals surface area contributed by atoms with Crippen LogP contribution in [0.5, 0.6) is 0 Å². The zero-order valence-electron chi connectivity index (χ0n) is 17.7. The molecule has 2 aromatic rings. The van der Waals surface area contributed by atoms with Crippen molar-refractivity contribution in [3.8, 4) is 0 Å². The third kappa shape index (κ3) is 4.11. The van der Waals surface area contributed by atoms with Crippen LogP contribution in [0.3, 0.4) is 0 Å². The summed E-state index contributed by atoms with van der Waals surface area (Å²) in [7, 11) is 0. The van der Waals surface area contributed by atoms with Gasteiger partial charge in [-0.2, -0.15) is 0 Å². The molecule has 1 aromatic heterocycles. The van der Waals surface area contributed by atoms with Crippen molar-refractivity contribution in [1.82, 2.24) is 14.8 Å². The molecule has 1 N–H and O–H groups in total. The predicted octanol–water partition coefficient (Wildman–Crippen LogP) is 4.13. The zero-order valence-corrected chi connectivity index (χ0v) is 17.7. The Bertz CT molecular complexity index is 925. The van der Waals surface area contributed by atoms with Crippen LogP contribution in [0.1, 0.15) is 61.6 Å². The number of H-pyrrole nitrogens is 1. The monoisotopic (exact) mass is 397 g/mol. The van der Waals surface area contributed by atoms with Crippen molar-refractivity contribution in [2.75, 3.05) is 26.2 Å². The molecule has 2 heterocycles. The van der Waals surface area contributed by atoms with E-state index in [4.69, 9.17) is 4.74 Å². The lowest BCUT2D eigenvalue weighted by molar-refractivity contribution is 0.0255. The van der Waals surface area contributed by atoms with Crippen LogP contribution in [0, 0.1) is 0 Å². The fourth-order valence-corrected chi connectivity index (χ4v) is 4.41. The average molecular weight is 398 g/mol. The fraction of sp³-hybridized carbons (Fsp3) is 0.565. The molecule has 2 aliphatic rings. The van der Waals surface area contributed by atoms with E-state index < -0.39 is 5.60 Å². The molecule has 0 radical (unpaired) electrons. The van der Waals surface area contributed by atoms with Gasteiger partial charge < -0.3 is 19.5 Å². The second kappa shape index (κ2) is 7.73.